The van der Waals surface area contributed by atoms with E-state index in [9.17, 15) is 43.2 Å². The van der Waals surface area contributed by atoms with E-state index in [1.54, 1.807) is 0 Å². The monoisotopic (exact) mass is 1350 g/mol. The van der Waals surface area contributed by atoms with Crippen LogP contribution in [0.5, 0.6) is 0 Å². The molecule has 0 spiro atoms. The molecule has 0 aliphatic rings. The molecule has 0 aliphatic carbocycles. The zero-order valence-electron chi connectivity index (χ0n) is 60.0. The summed E-state index contributed by atoms with van der Waals surface area (Å²) in [4.78, 5) is 72.7. The summed E-state index contributed by atoms with van der Waals surface area (Å²) in [7, 11) is -9.91. The van der Waals surface area contributed by atoms with Gasteiger partial charge in [0.05, 0.1) is 26.4 Å². The highest BCUT2D eigenvalue weighted by atomic mass is 31.2. The average molecular weight is 1350 g/mol. The van der Waals surface area contributed by atoms with Gasteiger partial charge in [0.2, 0.25) is 0 Å². The van der Waals surface area contributed by atoms with Crippen molar-refractivity contribution in [1.29, 1.82) is 0 Å². The van der Waals surface area contributed by atoms with Gasteiger partial charge >= 0.3 is 39.5 Å². The van der Waals surface area contributed by atoms with Gasteiger partial charge in [0, 0.05) is 25.7 Å². The van der Waals surface area contributed by atoms with Crippen LogP contribution in [0, 0.1) is 17.8 Å². The number of ether oxygens (including phenoxy) is 4. The van der Waals surface area contributed by atoms with Crippen molar-refractivity contribution in [2.45, 2.75) is 388 Å². The van der Waals surface area contributed by atoms with Crippen LogP contribution < -0.4 is 0 Å². The summed E-state index contributed by atoms with van der Waals surface area (Å²) in [5.41, 5.74) is 0. The van der Waals surface area contributed by atoms with E-state index < -0.39 is 97.5 Å². The van der Waals surface area contributed by atoms with Crippen LogP contribution >= 0.6 is 15.6 Å². The number of aliphatic hydroxyl groups is 1. The van der Waals surface area contributed by atoms with Crippen molar-refractivity contribution in [2.75, 3.05) is 39.6 Å². The summed E-state index contributed by atoms with van der Waals surface area (Å²) in [6.07, 6.45) is 48.5. The second-order valence-corrected chi connectivity index (χ2v) is 30.4. The Morgan fingerprint density at radius 1 is 0.315 bits per heavy atom. The maximum absolute atomic E-state index is 13.1. The van der Waals surface area contributed by atoms with Crippen LogP contribution in [0.2, 0.25) is 0 Å². The number of hydrogen-bond acceptors (Lipinski definition) is 15. The van der Waals surface area contributed by atoms with E-state index >= 15 is 0 Å². The molecule has 3 N–H and O–H groups in total. The van der Waals surface area contributed by atoms with Crippen molar-refractivity contribution in [3.8, 4) is 0 Å². The first kappa shape index (κ1) is 90.1. The SMILES string of the molecule is CCCCCCCCCCCCCCCCCC(=O)O[C@H](COC(=O)CCCCCCCCCCCCCC(C)C)COP(=O)(O)OC[C@@H](O)COP(=O)(O)OC[C@@H](COC(=O)CCCCCCCCC(C)CC)OC(=O)CCCCCCCCCCCCC(C)C. The minimum Gasteiger partial charge on any atom is -0.462 e. The number of carbonyl (C=O) groups excluding carboxylic acids is 4. The largest absolute Gasteiger partial charge is 0.472 e. The maximum Gasteiger partial charge on any atom is 0.472 e. The molecule has 0 fully saturated rings. The molecule has 0 heterocycles. The van der Waals surface area contributed by atoms with Gasteiger partial charge in [-0.3, -0.25) is 37.3 Å². The molecular formula is C73H142O17P2. The highest BCUT2D eigenvalue weighted by Crippen LogP contribution is 2.45. The van der Waals surface area contributed by atoms with Crippen molar-refractivity contribution >= 4 is 39.5 Å². The van der Waals surface area contributed by atoms with Crippen LogP contribution in [0.1, 0.15) is 370 Å². The van der Waals surface area contributed by atoms with E-state index in [4.69, 9.17) is 37.0 Å². The number of hydrogen-bond donors (Lipinski definition) is 3. The lowest BCUT2D eigenvalue weighted by Crippen LogP contribution is -2.30. The fourth-order valence-corrected chi connectivity index (χ4v) is 12.6. The highest BCUT2D eigenvalue weighted by molar-refractivity contribution is 7.47. The van der Waals surface area contributed by atoms with Gasteiger partial charge in [-0.15, -0.1) is 0 Å². The predicted molar refractivity (Wildman–Crippen MR) is 372 cm³/mol. The molecule has 0 aromatic heterocycles. The third-order valence-electron chi connectivity index (χ3n) is 17.2. The van der Waals surface area contributed by atoms with E-state index in [1.165, 1.54) is 173 Å². The molecule has 0 saturated heterocycles. The third-order valence-corrected chi connectivity index (χ3v) is 19.1. The zero-order chi connectivity index (χ0) is 68.0. The predicted octanol–water partition coefficient (Wildman–Crippen LogP) is 21.0. The second kappa shape index (κ2) is 63.8. The number of esters is 4. The Labute approximate surface area is 562 Å². The summed E-state index contributed by atoms with van der Waals surface area (Å²) < 4.78 is 68.4. The number of phosphoric ester groups is 2. The molecule has 0 bridgehead atoms. The quantitative estimate of drug-likeness (QED) is 0.0222. The smallest absolute Gasteiger partial charge is 0.462 e. The van der Waals surface area contributed by atoms with Crippen LogP contribution in [-0.4, -0.2) is 96.7 Å². The number of aliphatic hydroxyl groups excluding tert-OH is 1. The first-order chi connectivity index (χ1) is 44.3. The molecule has 546 valence electrons. The van der Waals surface area contributed by atoms with Crippen LogP contribution in [0.4, 0.5) is 0 Å². The Bertz CT molecular complexity index is 1800. The summed E-state index contributed by atoms with van der Waals surface area (Å²) in [5, 5.41) is 10.6. The number of rotatable bonds is 71. The second-order valence-electron chi connectivity index (χ2n) is 27.5. The van der Waals surface area contributed by atoms with Gasteiger partial charge < -0.3 is 33.8 Å². The van der Waals surface area contributed by atoms with Crippen LogP contribution in [-0.2, 0) is 65.4 Å². The number of unbranched alkanes of at least 4 members (excludes halogenated alkanes) is 38. The Balaban J connectivity index is 5.26. The van der Waals surface area contributed by atoms with E-state index in [0.717, 1.165) is 114 Å². The topological polar surface area (TPSA) is 237 Å². The number of phosphoric acid groups is 2. The maximum atomic E-state index is 13.1. The van der Waals surface area contributed by atoms with Crippen molar-refractivity contribution in [3.63, 3.8) is 0 Å². The van der Waals surface area contributed by atoms with Crippen LogP contribution in [0.25, 0.3) is 0 Å². The molecule has 0 saturated carbocycles. The molecule has 6 atom stereocenters. The zero-order valence-corrected chi connectivity index (χ0v) is 61.8. The summed E-state index contributed by atoms with van der Waals surface area (Å²) in [6.45, 7) is 11.8. The van der Waals surface area contributed by atoms with E-state index in [2.05, 4.69) is 48.5 Å². The average Bonchev–Trinajstić information content (AvgIpc) is 3.31. The van der Waals surface area contributed by atoms with Gasteiger partial charge in [-0.1, -0.05) is 318 Å². The standard InChI is InChI=1S/C73H142O17P2/c1-8-10-11-12-13-14-15-16-17-18-21-28-33-42-49-56-72(77)89-68(60-83-70(75)54-47-40-32-27-22-19-20-25-30-37-44-51-64(3)4)62-87-91(79,80)85-58-67(74)59-86-92(81,82)88-63-69(61-84-71(76)55-48-41-36-35-39-46-53-66(7)9-2)90-73(78)57-50-43-34-29-24-23-26-31-38-45-52-65(5)6/h64-69,74H,8-63H2,1-7H3,(H,79,80)(H,81,82)/t66?,67-,68-,69-/m1/s1. The molecular weight excluding hydrogens is 1210 g/mol. The Morgan fingerprint density at radius 2 is 0.554 bits per heavy atom. The fourth-order valence-electron chi connectivity index (χ4n) is 11.0. The minimum atomic E-state index is -4.95. The molecule has 92 heavy (non-hydrogen) atoms. The van der Waals surface area contributed by atoms with Gasteiger partial charge in [-0.2, -0.15) is 0 Å². The van der Waals surface area contributed by atoms with Gasteiger partial charge in [0.1, 0.15) is 19.3 Å². The van der Waals surface area contributed by atoms with Crippen molar-refractivity contribution in [1.82, 2.24) is 0 Å². The Kier molecular flexibility index (Phi) is 62.4. The van der Waals surface area contributed by atoms with Crippen molar-refractivity contribution in [3.05, 3.63) is 0 Å². The molecule has 3 unspecified atom stereocenters. The van der Waals surface area contributed by atoms with Crippen molar-refractivity contribution in [2.24, 2.45) is 17.8 Å². The summed E-state index contributed by atoms with van der Waals surface area (Å²) >= 11 is 0. The molecule has 0 amide bonds. The van der Waals surface area contributed by atoms with Crippen LogP contribution in [0.15, 0.2) is 0 Å². The number of carbonyl (C=O) groups is 4. The molecule has 0 aromatic rings. The molecule has 0 radical (unpaired) electrons. The summed E-state index contributed by atoms with van der Waals surface area (Å²) in [6, 6.07) is 0. The van der Waals surface area contributed by atoms with Crippen molar-refractivity contribution < 1.29 is 80.2 Å². The lowest BCUT2D eigenvalue weighted by atomic mass is 10.00. The highest BCUT2D eigenvalue weighted by Gasteiger charge is 2.30. The molecule has 0 rings (SSSR count). The molecule has 0 aromatic carbocycles. The summed E-state index contributed by atoms with van der Waals surface area (Å²) in [5.74, 6) is 0.132. The first-order valence-electron chi connectivity index (χ1n) is 37.9. The molecule has 19 heteroatoms. The lowest BCUT2D eigenvalue weighted by Gasteiger charge is -2.21. The Hall–Kier alpha value is -1.94. The van der Waals surface area contributed by atoms with Gasteiger partial charge in [-0.05, 0) is 43.4 Å². The van der Waals surface area contributed by atoms with Gasteiger partial charge in [0.15, 0.2) is 12.2 Å². The first-order valence-corrected chi connectivity index (χ1v) is 40.9. The van der Waals surface area contributed by atoms with E-state index in [-0.39, 0.29) is 25.7 Å². The Morgan fingerprint density at radius 3 is 0.826 bits per heavy atom. The lowest BCUT2D eigenvalue weighted by molar-refractivity contribution is -0.161. The third kappa shape index (κ3) is 65.4. The van der Waals surface area contributed by atoms with E-state index in [1.807, 2.05) is 0 Å². The minimum absolute atomic E-state index is 0.105. The normalized spacial score (nSPS) is 14.4. The van der Waals surface area contributed by atoms with Gasteiger partial charge in [-0.25, -0.2) is 9.13 Å². The molecule has 0 aliphatic heterocycles. The van der Waals surface area contributed by atoms with Gasteiger partial charge in [0.25, 0.3) is 0 Å². The molecule has 17 nitrogen and oxygen atoms in total. The van der Waals surface area contributed by atoms with E-state index in [0.29, 0.717) is 25.7 Å². The fraction of sp³-hybridized carbons (Fsp3) is 0.945. The van der Waals surface area contributed by atoms with Crippen LogP contribution in [0.3, 0.4) is 0 Å².